The van der Waals surface area contributed by atoms with Gasteiger partial charge in [-0.1, -0.05) is 17.7 Å². The number of nitrogens with zero attached hydrogens (tertiary/aromatic N) is 4. The molecule has 10 heteroatoms. The van der Waals surface area contributed by atoms with Gasteiger partial charge in [0.25, 0.3) is 5.91 Å². The number of rotatable bonds is 4. The number of morpholine rings is 1. The predicted octanol–water partition coefficient (Wildman–Crippen LogP) is 2.03. The Bertz CT molecular complexity index is 1060. The molecule has 2 aliphatic rings. The third-order valence-electron chi connectivity index (χ3n) is 5.65. The quantitative estimate of drug-likeness (QED) is 0.688. The van der Waals surface area contributed by atoms with Crippen LogP contribution in [-0.4, -0.2) is 81.0 Å². The molecule has 0 bridgehead atoms. The number of anilines is 1. The summed E-state index contributed by atoms with van der Waals surface area (Å²) in [5.74, 6) is 0.550. The van der Waals surface area contributed by atoms with Crippen LogP contribution in [0.2, 0.25) is 5.02 Å². The number of aromatic nitrogens is 1. The van der Waals surface area contributed by atoms with Crippen molar-refractivity contribution in [2.45, 2.75) is 11.8 Å². The highest BCUT2D eigenvalue weighted by Gasteiger charge is 2.29. The largest absolute Gasteiger partial charge is 0.379 e. The van der Waals surface area contributed by atoms with E-state index >= 15 is 0 Å². The van der Waals surface area contributed by atoms with Gasteiger partial charge in [0, 0.05) is 51.0 Å². The Labute approximate surface area is 187 Å². The number of carbonyl (C=O) groups excluding carboxylic acids is 1. The van der Waals surface area contributed by atoms with Gasteiger partial charge in [-0.25, -0.2) is 13.4 Å². The van der Waals surface area contributed by atoms with Crippen LogP contribution < -0.4 is 4.90 Å². The van der Waals surface area contributed by atoms with Gasteiger partial charge in [0.2, 0.25) is 10.0 Å². The number of hydrogen-bond acceptors (Lipinski definition) is 6. The zero-order chi connectivity index (χ0) is 22.0. The number of aryl methyl sites for hydroxylation is 1. The summed E-state index contributed by atoms with van der Waals surface area (Å²) < 4.78 is 32.7. The van der Waals surface area contributed by atoms with E-state index in [0.29, 0.717) is 68.9 Å². The summed E-state index contributed by atoms with van der Waals surface area (Å²) in [4.78, 5) is 21.5. The van der Waals surface area contributed by atoms with Gasteiger partial charge < -0.3 is 14.5 Å². The molecule has 0 aliphatic carbocycles. The average molecular weight is 465 g/mol. The van der Waals surface area contributed by atoms with E-state index in [9.17, 15) is 13.2 Å². The molecule has 1 aromatic heterocycles. The lowest BCUT2D eigenvalue weighted by molar-refractivity contribution is 0.0729. The average Bonchev–Trinajstić information content (AvgIpc) is 2.80. The number of amides is 1. The number of ether oxygens (including phenoxy) is 1. The van der Waals surface area contributed by atoms with E-state index in [4.69, 9.17) is 16.3 Å². The smallest absolute Gasteiger partial charge is 0.254 e. The van der Waals surface area contributed by atoms with Crippen LogP contribution in [0.4, 0.5) is 5.82 Å². The molecule has 2 saturated heterocycles. The number of pyridine rings is 1. The van der Waals surface area contributed by atoms with Crippen LogP contribution in [0.15, 0.2) is 41.4 Å². The maximum absolute atomic E-state index is 13.2. The lowest BCUT2D eigenvalue weighted by Crippen LogP contribution is -2.49. The maximum atomic E-state index is 13.2. The minimum absolute atomic E-state index is 0.141. The first-order chi connectivity index (χ1) is 14.9. The van der Waals surface area contributed by atoms with E-state index in [2.05, 4.69) is 9.88 Å². The molecule has 8 nitrogen and oxygen atoms in total. The Morgan fingerprint density at radius 2 is 1.77 bits per heavy atom. The molecule has 0 N–H and O–H groups in total. The summed E-state index contributed by atoms with van der Waals surface area (Å²) >= 11 is 6.24. The molecule has 0 spiro atoms. The van der Waals surface area contributed by atoms with Gasteiger partial charge in [0.1, 0.15) is 5.82 Å². The Kier molecular flexibility index (Phi) is 6.47. The van der Waals surface area contributed by atoms with E-state index in [1.54, 1.807) is 35.4 Å². The number of piperazine rings is 1. The summed E-state index contributed by atoms with van der Waals surface area (Å²) in [7, 11) is -3.66. The first-order valence-electron chi connectivity index (χ1n) is 10.2. The van der Waals surface area contributed by atoms with Crippen LogP contribution in [0.5, 0.6) is 0 Å². The van der Waals surface area contributed by atoms with E-state index in [-0.39, 0.29) is 10.8 Å². The fourth-order valence-corrected chi connectivity index (χ4v) is 5.51. The number of hydrogen-bond donors (Lipinski definition) is 0. The van der Waals surface area contributed by atoms with E-state index in [1.165, 1.54) is 10.4 Å². The first kappa shape index (κ1) is 22.0. The lowest BCUT2D eigenvalue weighted by atomic mass is 10.1. The summed E-state index contributed by atoms with van der Waals surface area (Å²) in [5.41, 5.74) is 1.17. The lowest BCUT2D eigenvalue weighted by Gasteiger charge is -2.36. The normalized spacial score (nSPS) is 18.3. The van der Waals surface area contributed by atoms with Gasteiger partial charge in [-0.3, -0.25) is 4.79 Å². The molecular formula is C21H25ClN4O4S. The van der Waals surface area contributed by atoms with Crippen molar-refractivity contribution in [3.63, 3.8) is 0 Å². The van der Waals surface area contributed by atoms with Crippen LogP contribution in [0.1, 0.15) is 15.9 Å². The SMILES string of the molecule is Cc1ccc(S(=O)(=O)N2CCOCC2)cc1C(=O)N1CCN(c2ncccc2Cl)CC1. The molecule has 0 radical (unpaired) electrons. The molecule has 2 aromatic rings. The highest BCUT2D eigenvalue weighted by Crippen LogP contribution is 2.25. The molecule has 31 heavy (non-hydrogen) atoms. The molecule has 2 aliphatic heterocycles. The van der Waals surface area contributed by atoms with Crippen molar-refractivity contribution in [1.82, 2.24) is 14.2 Å². The number of benzene rings is 1. The second-order valence-electron chi connectivity index (χ2n) is 7.58. The molecule has 166 valence electrons. The second-order valence-corrected chi connectivity index (χ2v) is 9.93. The van der Waals surface area contributed by atoms with Crippen LogP contribution >= 0.6 is 11.6 Å². The van der Waals surface area contributed by atoms with Gasteiger partial charge >= 0.3 is 0 Å². The summed E-state index contributed by atoms with van der Waals surface area (Å²) in [6.45, 7) is 5.43. The van der Waals surface area contributed by atoms with E-state index in [1.807, 2.05) is 6.92 Å². The monoisotopic (exact) mass is 464 g/mol. The molecule has 0 saturated carbocycles. The van der Waals surface area contributed by atoms with Gasteiger partial charge in [0.15, 0.2) is 0 Å². The van der Waals surface area contributed by atoms with Crippen molar-refractivity contribution in [2.75, 3.05) is 57.4 Å². The van der Waals surface area contributed by atoms with Crippen molar-refractivity contribution in [3.8, 4) is 0 Å². The molecule has 4 rings (SSSR count). The predicted molar refractivity (Wildman–Crippen MR) is 118 cm³/mol. The summed E-state index contributed by atoms with van der Waals surface area (Å²) in [6, 6.07) is 8.35. The third kappa shape index (κ3) is 4.55. The first-order valence-corrected chi connectivity index (χ1v) is 12.0. The Morgan fingerprint density at radius 1 is 1.06 bits per heavy atom. The third-order valence-corrected chi connectivity index (χ3v) is 7.84. The number of carbonyl (C=O) groups is 1. The van der Waals surface area contributed by atoms with Gasteiger partial charge in [0.05, 0.1) is 23.1 Å². The zero-order valence-electron chi connectivity index (χ0n) is 17.3. The Hall–Kier alpha value is -2.20. The Morgan fingerprint density at radius 3 is 2.45 bits per heavy atom. The molecule has 1 aromatic carbocycles. The topological polar surface area (TPSA) is 83.0 Å². The Balaban J connectivity index is 1.50. The van der Waals surface area contributed by atoms with Crippen LogP contribution in [0.3, 0.4) is 0 Å². The molecule has 2 fully saturated rings. The summed E-state index contributed by atoms with van der Waals surface area (Å²) in [5, 5.41) is 0.583. The van der Waals surface area contributed by atoms with Gasteiger partial charge in [-0.15, -0.1) is 0 Å². The molecule has 1 amide bonds. The highest BCUT2D eigenvalue weighted by molar-refractivity contribution is 7.89. The minimum atomic E-state index is -3.66. The molecule has 0 unspecified atom stereocenters. The minimum Gasteiger partial charge on any atom is -0.379 e. The molecule has 0 atom stereocenters. The fraction of sp³-hybridized carbons (Fsp3) is 0.429. The van der Waals surface area contributed by atoms with Crippen LogP contribution in [-0.2, 0) is 14.8 Å². The van der Waals surface area contributed by atoms with Gasteiger partial charge in [-0.2, -0.15) is 4.31 Å². The molecule has 3 heterocycles. The number of sulfonamides is 1. The van der Waals surface area contributed by atoms with Crippen molar-refractivity contribution in [1.29, 1.82) is 0 Å². The van der Waals surface area contributed by atoms with Crippen molar-refractivity contribution in [3.05, 3.63) is 52.7 Å². The zero-order valence-corrected chi connectivity index (χ0v) is 18.9. The van der Waals surface area contributed by atoms with Crippen LogP contribution in [0, 0.1) is 6.92 Å². The fourth-order valence-electron chi connectivity index (χ4n) is 3.83. The van der Waals surface area contributed by atoms with Crippen LogP contribution in [0.25, 0.3) is 0 Å². The maximum Gasteiger partial charge on any atom is 0.254 e. The van der Waals surface area contributed by atoms with Crippen molar-refractivity contribution >= 4 is 33.3 Å². The molecular weight excluding hydrogens is 440 g/mol. The van der Waals surface area contributed by atoms with Crippen molar-refractivity contribution < 1.29 is 17.9 Å². The van der Waals surface area contributed by atoms with E-state index < -0.39 is 10.0 Å². The highest BCUT2D eigenvalue weighted by atomic mass is 35.5. The van der Waals surface area contributed by atoms with Gasteiger partial charge in [-0.05, 0) is 36.8 Å². The standard InChI is InChI=1S/C21H25ClN4O4S/c1-16-4-5-17(31(28,29)26-11-13-30-14-12-26)15-18(16)21(27)25-9-7-24(8-10-25)20-19(22)3-2-6-23-20/h2-6,15H,7-14H2,1H3. The van der Waals surface area contributed by atoms with Crippen molar-refractivity contribution in [2.24, 2.45) is 0 Å². The number of halogens is 1. The second kappa shape index (κ2) is 9.12. The van der Waals surface area contributed by atoms with E-state index in [0.717, 1.165) is 5.56 Å². The summed E-state index contributed by atoms with van der Waals surface area (Å²) in [6.07, 6.45) is 1.70.